The fourth-order valence-corrected chi connectivity index (χ4v) is 3.39. The first-order chi connectivity index (χ1) is 16.8. The average molecular weight is 451 g/mol. The average Bonchev–Trinajstić information content (AvgIpc) is 3.31. The Morgan fingerprint density at radius 1 is 0.824 bits per heavy atom. The second-order valence-electron chi connectivity index (χ2n) is 7.35. The van der Waals surface area contributed by atoms with Crippen molar-refractivity contribution in [2.45, 2.75) is 0 Å². The number of amides is 1. The minimum Gasteiger partial charge on any atom is -0.475 e. The summed E-state index contributed by atoms with van der Waals surface area (Å²) >= 11 is 0. The molecule has 0 aliphatic rings. The number of para-hydroxylation sites is 2. The van der Waals surface area contributed by atoms with Gasteiger partial charge in [0.25, 0.3) is 5.91 Å². The van der Waals surface area contributed by atoms with Crippen LogP contribution >= 0.6 is 0 Å². The van der Waals surface area contributed by atoms with Crippen LogP contribution in [0.15, 0.2) is 97.1 Å². The molecule has 0 saturated heterocycles. The van der Waals surface area contributed by atoms with Gasteiger partial charge in [-0.2, -0.15) is 4.52 Å². The van der Waals surface area contributed by atoms with Gasteiger partial charge >= 0.3 is 0 Å². The van der Waals surface area contributed by atoms with Gasteiger partial charge < -0.3 is 14.8 Å². The number of fused-ring (bicyclic) bond motifs is 1. The number of hydrogen-bond donors (Lipinski definition) is 1. The quantitative estimate of drug-likeness (QED) is 0.352. The van der Waals surface area contributed by atoms with Crippen LogP contribution in [0, 0.1) is 0 Å². The van der Waals surface area contributed by atoms with Gasteiger partial charge in [0.2, 0.25) is 5.88 Å². The Balaban J connectivity index is 1.21. The van der Waals surface area contributed by atoms with Gasteiger partial charge in [-0.1, -0.05) is 60.7 Å². The minimum atomic E-state index is -0.247. The number of carbonyl (C=O) groups is 1. The van der Waals surface area contributed by atoms with Crippen LogP contribution in [-0.2, 0) is 0 Å². The summed E-state index contributed by atoms with van der Waals surface area (Å²) in [6, 6.07) is 29.7. The third kappa shape index (κ3) is 4.71. The number of aromatic nitrogens is 4. The van der Waals surface area contributed by atoms with Crippen LogP contribution < -0.4 is 14.8 Å². The molecule has 0 saturated carbocycles. The zero-order valence-corrected chi connectivity index (χ0v) is 18.2. The Morgan fingerprint density at radius 2 is 1.56 bits per heavy atom. The molecule has 3 aromatic carbocycles. The normalized spacial score (nSPS) is 10.7. The van der Waals surface area contributed by atoms with Crippen molar-refractivity contribution in [2.24, 2.45) is 0 Å². The largest absolute Gasteiger partial charge is 0.475 e. The van der Waals surface area contributed by atoms with E-state index in [1.165, 1.54) is 0 Å². The molecule has 8 heteroatoms. The fraction of sp³-hybridized carbons (Fsp3) is 0.0769. The lowest BCUT2D eigenvalue weighted by molar-refractivity contribution is 0.0944. The van der Waals surface area contributed by atoms with Crippen LogP contribution in [0.4, 0.5) is 0 Å². The minimum absolute atomic E-state index is 0.245. The third-order valence-corrected chi connectivity index (χ3v) is 5.01. The first-order valence-corrected chi connectivity index (χ1v) is 10.8. The van der Waals surface area contributed by atoms with Crippen molar-refractivity contribution in [3.63, 3.8) is 0 Å². The maximum atomic E-state index is 12.7. The van der Waals surface area contributed by atoms with Crippen molar-refractivity contribution >= 4 is 11.6 Å². The summed E-state index contributed by atoms with van der Waals surface area (Å²) in [5.41, 5.74) is 1.97. The van der Waals surface area contributed by atoms with Crippen LogP contribution in [-0.4, -0.2) is 38.9 Å². The molecular weight excluding hydrogens is 430 g/mol. The van der Waals surface area contributed by atoms with Crippen LogP contribution in [0.5, 0.6) is 17.4 Å². The van der Waals surface area contributed by atoms with Gasteiger partial charge in [-0.15, -0.1) is 15.3 Å². The van der Waals surface area contributed by atoms with Crippen molar-refractivity contribution < 1.29 is 14.3 Å². The highest BCUT2D eigenvalue weighted by Crippen LogP contribution is 2.25. The lowest BCUT2D eigenvalue weighted by Crippen LogP contribution is -2.28. The fourth-order valence-electron chi connectivity index (χ4n) is 3.39. The van der Waals surface area contributed by atoms with Crippen LogP contribution in [0.2, 0.25) is 0 Å². The molecule has 0 radical (unpaired) electrons. The molecule has 2 heterocycles. The van der Waals surface area contributed by atoms with Crippen molar-refractivity contribution in [1.29, 1.82) is 0 Å². The number of nitrogens with zero attached hydrogens (tertiary/aromatic N) is 4. The predicted molar refractivity (Wildman–Crippen MR) is 127 cm³/mol. The summed E-state index contributed by atoms with van der Waals surface area (Å²) in [7, 11) is 0. The van der Waals surface area contributed by atoms with Gasteiger partial charge in [0, 0.05) is 11.6 Å². The van der Waals surface area contributed by atoms with Gasteiger partial charge in [0.05, 0.1) is 12.1 Å². The van der Waals surface area contributed by atoms with Crippen LogP contribution in [0.3, 0.4) is 0 Å². The highest BCUT2D eigenvalue weighted by Gasteiger charge is 2.13. The Kier molecular flexibility index (Phi) is 6.11. The molecular formula is C26H21N5O3. The number of carbonyl (C=O) groups excluding carboxylic acids is 1. The van der Waals surface area contributed by atoms with Gasteiger partial charge in [-0.3, -0.25) is 4.79 Å². The molecule has 1 amide bonds. The first-order valence-electron chi connectivity index (χ1n) is 10.8. The number of hydrogen-bond acceptors (Lipinski definition) is 6. The Labute approximate surface area is 195 Å². The summed E-state index contributed by atoms with van der Waals surface area (Å²) in [5.74, 6) is 1.94. The molecule has 34 heavy (non-hydrogen) atoms. The van der Waals surface area contributed by atoms with Gasteiger partial charge in [0.1, 0.15) is 18.1 Å². The molecule has 0 unspecified atom stereocenters. The van der Waals surface area contributed by atoms with Gasteiger partial charge in [-0.25, -0.2) is 0 Å². The molecule has 0 fully saturated rings. The van der Waals surface area contributed by atoms with Crippen molar-refractivity contribution in [3.8, 4) is 28.8 Å². The second kappa shape index (κ2) is 9.83. The van der Waals surface area contributed by atoms with E-state index in [4.69, 9.17) is 9.47 Å². The third-order valence-electron chi connectivity index (χ3n) is 5.01. The lowest BCUT2D eigenvalue weighted by Gasteiger charge is -2.12. The van der Waals surface area contributed by atoms with E-state index in [2.05, 4.69) is 20.6 Å². The molecule has 5 rings (SSSR count). The summed E-state index contributed by atoms with van der Waals surface area (Å²) in [4.78, 5) is 12.7. The molecule has 5 aromatic rings. The summed E-state index contributed by atoms with van der Waals surface area (Å²) in [5, 5.41) is 15.7. The van der Waals surface area contributed by atoms with Crippen LogP contribution in [0.1, 0.15) is 10.4 Å². The molecule has 0 aliphatic carbocycles. The first kappa shape index (κ1) is 21.1. The molecule has 0 spiro atoms. The molecule has 0 aliphatic heterocycles. The Hall–Kier alpha value is -4.72. The zero-order chi connectivity index (χ0) is 23.2. The molecule has 1 N–H and O–H groups in total. The summed E-state index contributed by atoms with van der Waals surface area (Å²) in [6.45, 7) is 0.542. The van der Waals surface area contributed by atoms with Crippen molar-refractivity contribution in [3.05, 3.63) is 103 Å². The van der Waals surface area contributed by atoms with E-state index in [-0.39, 0.29) is 12.5 Å². The molecule has 2 aromatic heterocycles. The number of rotatable bonds is 8. The smallest absolute Gasteiger partial charge is 0.255 e. The van der Waals surface area contributed by atoms with E-state index in [1.54, 1.807) is 34.8 Å². The lowest BCUT2D eigenvalue weighted by atomic mass is 10.2. The van der Waals surface area contributed by atoms with E-state index < -0.39 is 0 Å². The summed E-state index contributed by atoms with van der Waals surface area (Å²) in [6.07, 6.45) is 0. The number of benzene rings is 3. The van der Waals surface area contributed by atoms with E-state index in [1.807, 2.05) is 66.7 Å². The molecule has 0 bridgehead atoms. The van der Waals surface area contributed by atoms with E-state index >= 15 is 0 Å². The molecule has 8 nitrogen and oxygen atoms in total. The zero-order valence-electron chi connectivity index (χ0n) is 18.2. The predicted octanol–water partition coefficient (Wildman–Crippen LogP) is 4.39. The van der Waals surface area contributed by atoms with Crippen molar-refractivity contribution in [2.75, 3.05) is 13.2 Å². The molecule has 168 valence electrons. The maximum Gasteiger partial charge on any atom is 0.255 e. The van der Waals surface area contributed by atoms with E-state index in [9.17, 15) is 4.79 Å². The van der Waals surface area contributed by atoms with Gasteiger partial charge in [0.15, 0.2) is 11.5 Å². The van der Waals surface area contributed by atoms with Gasteiger partial charge in [-0.05, 0) is 30.3 Å². The monoisotopic (exact) mass is 451 g/mol. The highest BCUT2D eigenvalue weighted by molar-refractivity contribution is 5.97. The Morgan fingerprint density at radius 3 is 2.38 bits per heavy atom. The number of nitrogens with one attached hydrogen (secondary N) is 1. The van der Waals surface area contributed by atoms with Crippen LogP contribution in [0.25, 0.3) is 17.0 Å². The maximum absolute atomic E-state index is 12.7. The SMILES string of the molecule is O=C(NCCOc1ccc2nnc(-c3ccccc3)n2n1)c1ccccc1Oc1ccccc1. The topological polar surface area (TPSA) is 90.6 Å². The van der Waals surface area contributed by atoms with E-state index in [0.717, 1.165) is 5.56 Å². The van der Waals surface area contributed by atoms with Crippen molar-refractivity contribution in [1.82, 2.24) is 25.1 Å². The Bertz CT molecular complexity index is 1400. The second-order valence-corrected chi connectivity index (χ2v) is 7.35. The molecule has 0 atom stereocenters. The van der Waals surface area contributed by atoms with E-state index in [0.29, 0.717) is 41.0 Å². The summed E-state index contributed by atoms with van der Waals surface area (Å²) < 4.78 is 13.3. The number of ether oxygens (including phenoxy) is 2. The highest BCUT2D eigenvalue weighted by atomic mass is 16.5. The standard InChI is InChI=1S/C26H21N5O3/c32-26(21-13-7-8-14-22(21)34-20-11-5-2-6-12-20)27-17-18-33-24-16-15-23-28-29-25(31(23)30-24)19-9-3-1-4-10-19/h1-16H,17-18H2,(H,27,32).